The first-order chi connectivity index (χ1) is 7.27. The molecule has 0 saturated carbocycles. The van der Waals surface area contributed by atoms with Gasteiger partial charge in [-0.25, -0.2) is 4.98 Å². The van der Waals surface area contributed by atoms with Crippen molar-refractivity contribution in [2.75, 3.05) is 18.5 Å². The van der Waals surface area contributed by atoms with Crippen LogP contribution in [0.25, 0.3) is 0 Å². The van der Waals surface area contributed by atoms with Gasteiger partial charge in [0.15, 0.2) is 6.29 Å². The lowest BCUT2D eigenvalue weighted by molar-refractivity contribution is 0.112. The summed E-state index contributed by atoms with van der Waals surface area (Å²) in [6, 6.07) is 3.68. The molecule has 3 nitrogen and oxygen atoms in total. The van der Waals surface area contributed by atoms with Crippen molar-refractivity contribution in [2.45, 2.75) is 26.2 Å². The Kier molecular flexibility index (Phi) is 4.81. The molecule has 15 heavy (non-hydrogen) atoms. The smallest absolute Gasteiger partial charge is 0.151 e. The van der Waals surface area contributed by atoms with Gasteiger partial charge in [0.1, 0.15) is 5.82 Å². The number of rotatable bonds is 6. The predicted octanol–water partition coefficient (Wildman–Crippen LogP) is 2.52. The lowest BCUT2D eigenvalue weighted by Gasteiger charge is -2.17. The van der Waals surface area contributed by atoms with Gasteiger partial charge in [-0.3, -0.25) is 4.79 Å². The second-order valence-electron chi connectivity index (χ2n) is 3.70. The van der Waals surface area contributed by atoms with E-state index in [0.29, 0.717) is 5.56 Å². The number of carbonyl (C=O) groups excluding carboxylic acids is 1. The monoisotopic (exact) mass is 206 g/mol. The summed E-state index contributed by atoms with van der Waals surface area (Å²) in [5.41, 5.74) is 0.626. The minimum absolute atomic E-state index is 0.626. The maximum absolute atomic E-state index is 10.4. The summed E-state index contributed by atoms with van der Waals surface area (Å²) in [5.74, 6) is 0.928. The van der Waals surface area contributed by atoms with Crippen molar-refractivity contribution in [3.05, 3.63) is 23.9 Å². The Balaban J connectivity index is 2.50. The van der Waals surface area contributed by atoms with Crippen LogP contribution in [0.5, 0.6) is 0 Å². The summed E-state index contributed by atoms with van der Waals surface area (Å²) in [5, 5.41) is 0. The number of anilines is 1. The van der Waals surface area contributed by atoms with Crippen LogP contribution < -0.4 is 4.90 Å². The van der Waals surface area contributed by atoms with Gasteiger partial charge in [-0.15, -0.1) is 0 Å². The molecule has 1 aromatic heterocycles. The molecule has 0 bridgehead atoms. The highest BCUT2D eigenvalue weighted by Gasteiger charge is 2.01. The maximum atomic E-state index is 10.4. The average molecular weight is 206 g/mol. The van der Waals surface area contributed by atoms with E-state index < -0.39 is 0 Å². The van der Waals surface area contributed by atoms with Gasteiger partial charge in [-0.2, -0.15) is 0 Å². The van der Waals surface area contributed by atoms with Gasteiger partial charge in [-0.1, -0.05) is 19.8 Å². The Morgan fingerprint density at radius 2 is 2.20 bits per heavy atom. The van der Waals surface area contributed by atoms with Gasteiger partial charge < -0.3 is 4.90 Å². The summed E-state index contributed by atoms with van der Waals surface area (Å²) >= 11 is 0. The van der Waals surface area contributed by atoms with Crippen LogP contribution in [0.2, 0.25) is 0 Å². The SMILES string of the molecule is CCCCCN(C)c1ccc(C=O)cn1. The lowest BCUT2D eigenvalue weighted by Crippen LogP contribution is -2.19. The molecular weight excluding hydrogens is 188 g/mol. The van der Waals surface area contributed by atoms with E-state index in [-0.39, 0.29) is 0 Å². The first-order valence-electron chi connectivity index (χ1n) is 5.40. The minimum Gasteiger partial charge on any atom is -0.360 e. The molecule has 1 rings (SSSR count). The number of carbonyl (C=O) groups is 1. The van der Waals surface area contributed by atoms with Gasteiger partial charge in [-0.05, 0) is 18.6 Å². The van der Waals surface area contributed by atoms with Crippen molar-refractivity contribution in [3.63, 3.8) is 0 Å². The van der Waals surface area contributed by atoms with Crippen LogP contribution in [0, 0.1) is 0 Å². The summed E-state index contributed by atoms with van der Waals surface area (Å²) in [6.45, 7) is 3.21. The zero-order valence-corrected chi connectivity index (χ0v) is 9.44. The second-order valence-corrected chi connectivity index (χ2v) is 3.70. The number of hydrogen-bond donors (Lipinski definition) is 0. The fourth-order valence-corrected chi connectivity index (χ4v) is 1.41. The third-order valence-corrected chi connectivity index (χ3v) is 2.40. The first-order valence-corrected chi connectivity index (χ1v) is 5.40. The number of hydrogen-bond acceptors (Lipinski definition) is 3. The Morgan fingerprint density at radius 3 is 2.73 bits per heavy atom. The van der Waals surface area contributed by atoms with Crippen molar-refractivity contribution in [2.24, 2.45) is 0 Å². The molecule has 0 N–H and O–H groups in total. The number of aromatic nitrogens is 1. The van der Waals surface area contributed by atoms with E-state index >= 15 is 0 Å². The highest BCUT2D eigenvalue weighted by molar-refractivity contribution is 5.74. The summed E-state index contributed by atoms with van der Waals surface area (Å²) in [7, 11) is 2.03. The Hall–Kier alpha value is -1.38. The number of nitrogens with zero attached hydrogens (tertiary/aromatic N) is 2. The standard InChI is InChI=1S/C12H18N2O/c1-3-4-5-8-14(2)12-7-6-11(10-15)9-13-12/h6-7,9-10H,3-5,8H2,1-2H3. The highest BCUT2D eigenvalue weighted by Crippen LogP contribution is 2.09. The van der Waals surface area contributed by atoms with Gasteiger partial charge >= 0.3 is 0 Å². The minimum atomic E-state index is 0.626. The van der Waals surface area contributed by atoms with Crippen LogP contribution in [-0.2, 0) is 0 Å². The number of pyridine rings is 1. The van der Waals surface area contributed by atoms with Crippen molar-refractivity contribution >= 4 is 12.1 Å². The van der Waals surface area contributed by atoms with E-state index in [1.807, 2.05) is 13.1 Å². The van der Waals surface area contributed by atoms with E-state index in [1.165, 1.54) is 19.3 Å². The first kappa shape index (κ1) is 11.7. The van der Waals surface area contributed by atoms with Crippen LogP contribution in [0.1, 0.15) is 36.5 Å². The van der Waals surface area contributed by atoms with Gasteiger partial charge in [0.05, 0.1) is 0 Å². The fourth-order valence-electron chi connectivity index (χ4n) is 1.41. The molecule has 0 saturated heterocycles. The third kappa shape index (κ3) is 3.70. The summed E-state index contributed by atoms with van der Waals surface area (Å²) < 4.78 is 0. The van der Waals surface area contributed by atoms with Crippen molar-refractivity contribution < 1.29 is 4.79 Å². The molecular formula is C12H18N2O. The van der Waals surface area contributed by atoms with Crippen LogP contribution >= 0.6 is 0 Å². The second kappa shape index (κ2) is 6.17. The average Bonchev–Trinajstić information content (AvgIpc) is 2.29. The molecule has 0 aliphatic heterocycles. The van der Waals surface area contributed by atoms with E-state index in [0.717, 1.165) is 18.6 Å². The quantitative estimate of drug-likeness (QED) is 0.529. The van der Waals surface area contributed by atoms with Crippen LogP contribution in [0.15, 0.2) is 18.3 Å². The fraction of sp³-hybridized carbons (Fsp3) is 0.500. The molecule has 1 aromatic rings. The van der Waals surface area contributed by atoms with Crippen molar-refractivity contribution in [1.82, 2.24) is 4.98 Å². The molecule has 0 unspecified atom stereocenters. The van der Waals surface area contributed by atoms with Crippen molar-refractivity contribution in [1.29, 1.82) is 0 Å². The van der Waals surface area contributed by atoms with E-state index in [9.17, 15) is 4.79 Å². The summed E-state index contributed by atoms with van der Waals surface area (Å²) in [4.78, 5) is 16.8. The topological polar surface area (TPSA) is 33.2 Å². The lowest BCUT2D eigenvalue weighted by atomic mass is 10.2. The van der Waals surface area contributed by atoms with Gasteiger partial charge in [0.2, 0.25) is 0 Å². The van der Waals surface area contributed by atoms with Crippen LogP contribution in [-0.4, -0.2) is 24.9 Å². The van der Waals surface area contributed by atoms with E-state index in [2.05, 4.69) is 16.8 Å². The van der Waals surface area contributed by atoms with Gasteiger partial charge in [0, 0.05) is 25.4 Å². The molecule has 82 valence electrons. The molecule has 0 aliphatic carbocycles. The normalized spacial score (nSPS) is 10.0. The third-order valence-electron chi connectivity index (χ3n) is 2.40. The van der Waals surface area contributed by atoms with Gasteiger partial charge in [0.25, 0.3) is 0 Å². The number of aldehydes is 1. The zero-order chi connectivity index (χ0) is 11.1. The van der Waals surface area contributed by atoms with E-state index in [1.54, 1.807) is 12.3 Å². The number of unbranched alkanes of at least 4 members (excludes halogenated alkanes) is 2. The molecule has 0 fully saturated rings. The molecule has 0 radical (unpaired) electrons. The zero-order valence-electron chi connectivity index (χ0n) is 9.44. The van der Waals surface area contributed by atoms with Crippen LogP contribution in [0.4, 0.5) is 5.82 Å². The Labute approximate surface area is 91.1 Å². The van der Waals surface area contributed by atoms with Crippen molar-refractivity contribution in [3.8, 4) is 0 Å². The molecule has 1 heterocycles. The molecule has 0 atom stereocenters. The molecule has 0 spiro atoms. The van der Waals surface area contributed by atoms with E-state index in [4.69, 9.17) is 0 Å². The Morgan fingerprint density at radius 1 is 1.40 bits per heavy atom. The summed E-state index contributed by atoms with van der Waals surface area (Å²) in [6.07, 6.45) is 6.08. The highest BCUT2D eigenvalue weighted by atomic mass is 16.1. The molecule has 0 aromatic carbocycles. The molecule has 0 aliphatic rings. The molecule has 0 amide bonds. The Bertz CT molecular complexity index is 295. The maximum Gasteiger partial charge on any atom is 0.151 e. The van der Waals surface area contributed by atoms with Crippen LogP contribution in [0.3, 0.4) is 0 Å². The predicted molar refractivity (Wildman–Crippen MR) is 62.4 cm³/mol. The largest absolute Gasteiger partial charge is 0.360 e. The molecule has 3 heteroatoms.